The summed E-state index contributed by atoms with van der Waals surface area (Å²) in [4.78, 5) is 4.53. The smallest absolute Gasteiger partial charge is 0.140 e. The van der Waals surface area contributed by atoms with Gasteiger partial charge in [0.25, 0.3) is 0 Å². The number of benzene rings is 2. The van der Waals surface area contributed by atoms with Crippen molar-refractivity contribution in [1.82, 2.24) is 0 Å². The van der Waals surface area contributed by atoms with Crippen molar-refractivity contribution in [2.45, 2.75) is 33.7 Å². The molecule has 0 aliphatic carbocycles. The second-order valence-electron chi connectivity index (χ2n) is 7.52. The number of thiophene rings is 1. The molecule has 2 aromatic carbocycles. The van der Waals surface area contributed by atoms with Crippen molar-refractivity contribution in [3.63, 3.8) is 0 Å². The van der Waals surface area contributed by atoms with Gasteiger partial charge in [0.05, 0.1) is 24.0 Å². The minimum Gasteiger partial charge on any atom is -0.394 e. The molecule has 0 aliphatic rings. The van der Waals surface area contributed by atoms with Gasteiger partial charge in [-0.3, -0.25) is 4.99 Å². The zero-order valence-electron chi connectivity index (χ0n) is 15.9. The summed E-state index contributed by atoms with van der Waals surface area (Å²) in [5.41, 5.74) is 7.11. The number of nitrogens with zero attached hydrogens (tertiary/aromatic N) is 1. The maximum absolute atomic E-state index is 14.2. The number of hydrogen-bond donors (Lipinski definition) is 2. The summed E-state index contributed by atoms with van der Waals surface area (Å²) in [6.07, 6.45) is 0. The Morgan fingerprint density at radius 2 is 1.93 bits per heavy atom. The highest BCUT2D eigenvalue weighted by Crippen LogP contribution is 2.37. The number of fused-ring (bicyclic) bond motifs is 3. The predicted molar refractivity (Wildman–Crippen MR) is 113 cm³/mol. The Bertz CT molecular complexity index is 1100. The topological polar surface area (TPSA) is 58.6 Å². The Balaban J connectivity index is 2.16. The van der Waals surface area contributed by atoms with E-state index in [0.29, 0.717) is 11.4 Å². The molecule has 3 N–H and O–H groups in total. The third kappa shape index (κ3) is 3.83. The Kier molecular flexibility index (Phi) is 5.23. The zero-order chi connectivity index (χ0) is 19.8. The molecule has 3 rings (SSSR count). The second-order valence-corrected chi connectivity index (χ2v) is 8.61. The molecule has 3 nitrogen and oxygen atoms in total. The summed E-state index contributed by atoms with van der Waals surface area (Å²) in [6, 6.07) is 8.85. The van der Waals surface area contributed by atoms with Crippen molar-refractivity contribution in [1.29, 1.82) is 0 Å². The first kappa shape index (κ1) is 19.3. The lowest BCUT2D eigenvalue weighted by Gasteiger charge is -2.20. The third-order valence-electron chi connectivity index (χ3n) is 4.46. The van der Waals surface area contributed by atoms with Crippen LogP contribution in [0.4, 0.5) is 4.39 Å². The van der Waals surface area contributed by atoms with Gasteiger partial charge in [-0.25, -0.2) is 4.39 Å². The van der Waals surface area contributed by atoms with E-state index in [0.717, 1.165) is 25.7 Å². The maximum atomic E-state index is 14.2. The molecule has 0 saturated heterocycles. The largest absolute Gasteiger partial charge is 0.394 e. The van der Waals surface area contributed by atoms with E-state index in [4.69, 9.17) is 5.73 Å². The number of aliphatic hydroxyl groups is 1. The molecule has 27 heavy (non-hydrogen) atoms. The van der Waals surface area contributed by atoms with Crippen molar-refractivity contribution in [3.8, 4) is 11.8 Å². The number of hydrogen-bond acceptors (Lipinski definition) is 3. The first-order valence-corrected chi connectivity index (χ1v) is 9.59. The van der Waals surface area contributed by atoms with Gasteiger partial charge in [0.1, 0.15) is 5.82 Å². The van der Waals surface area contributed by atoms with E-state index in [9.17, 15) is 9.50 Å². The molecule has 1 atom stereocenters. The second kappa shape index (κ2) is 7.30. The normalized spacial score (nSPS) is 13.6. The molecule has 0 spiro atoms. The molecule has 0 amide bonds. The monoisotopic (exact) mass is 382 g/mol. The van der Waals surface area contributed by atoms with Crippen molar-refractivity contribution in [2.75, 3.05) is 6.61 Å². The van der Waals surface area contributed by atoms with Crippen LogP contribution in [0.2, 0.25) is 0 Å². The van der Waals surface area contributed by atoms with Gasteiger partial charge in [-0.1, -0.05) is 32.8 Å². The summed E-state index contributed by atoms with van der Waals surface area (Å²) in [5, 5.41) is 11.8. The van der Waals surface area contributed by atoms with Gasteiger partial charge in [-0.15, -0.1) is 17.3 Å². The molecule has 0 fully saturated rings. The minimum atomic E-state index is -0.432. The zero-order valence-corrected chi connectivity index (χ0v) is 16.7. The molecule has 1 unspecified atom stereocenters. The van der Waals surface area contributed by atoms with E-state index >= 15 is 0 Å². The summed E-state index contributed by atoms with van der Waals surface area (Å²) in [6.45, 7) is 7.52. The molecule has 140 valence electrons. The molecule has 1 heterocycles. The Morgan fingerprint density at radius 1 is 1.22 bits per heavy atom. The average molecular weight is 383 g/mol. The molecule has 5 heteroatoms. The van der Waals surface area contributed by atoms with Crippen molar-refractivity contribution >= 4 is 37.3 Å². The van der Waals surface area contributed by atoms with Crippen LogP contribution in [0.1, 0.15) is 44.9 Å². The van der Waals surface area contributed by atoms with E-state index in [1.165, 1.54) is 11.3 Å². The summed E-state index contributed by atoms with van der Waals surface area (Å²) >= 11 is 1.54. The van der Waals surface area contributed by atoms with E-state index in [1.54, 1.807) is 19.1 Å². The van der Waals surface area contributed by atoms with Crippen LogP contribution in [0.15, 0.2) is 35.3 Å². The van der Waals surface area contributed by atoms with Crippen LogP contribution >= 0.6 is 11.3 Å². The SMILES string of the molecule is CC#Cc1cc2c(cc1F)sc1ccc(C(CO)N=C(N)C(C)(C)C)cc12. The van der Waals surface area contributed by atoms with Crippen molar-refractivity contribution < 1.29 is 9.50 Å². The Hall–Kier alpha value is -2.42. The van der Waals surface area contributed by atoms with Gasteiger partial charge < -0.3 is 10.8 Å². The van der Waals surface area contributed by atoms with Crippen LogP contribution in [-0.2, 0) is 0 Å². The quantitative estimate of drug-likeness (QED) is 0.380. The van der Waals surface area contributed by atoms with Gasteiger partial charge in [0.15, 0.2) is 0 Å². The van der Waals surface area contributed by atoms with Crippen molar-refractivity contribution in [3.05, 3.63) is 47.3 Å². The van der Waals surface area contributed by atoms with E-state index in [1.807, 2.05) is 39.0 Å². The van der Waals surface area contributed by atoms with E-state index < -0.39 is 6.04 Å². The molecule has 0 bridgehead atoms. The number of aliphatic imine (C=N–C) groups is 1. The van der Waals surface area contributed by atoms with E-state index in [-0.39, 0.29) is 17.8 Å². The number of amidine groups is 1. The molecule has 0 radical (unpaired) electrons. The van der Waals surface area contributed by atoms with Gasteiger partial charge in [0, 0.05) is 25.6 Å². The Morgan fingerprint density at radius 3 is 2.56 bits per heavy atom. The third-order valence-corrected chi connectivity index (χ3v) is 5.60. The van der Waals surface area contributed by atoms with Crippen LogP contribution in [-0.4, -0.2) is 17.5 Å². The number of nitrogens with two attached hydrogens (primary N) is 1. The van der Waals surface area contributed by atoms with Gasteiger partial charge >= 0.3 is 0 Å². The molecule has 0 aliphatic heterocycles. The fraction of sp³-hybridized carbons (Fsp3) is 0.318. The van der Waals surface area contributed by atoms with Gasteiger partial charge in [-0.05, 0) is 36.8 Å². The molecular weight excluding hydrogens is 359 g/mol. The summed E-state index contributed by atoms with van der Waals surface area (Å²) in [5.74, 6) is 5.76. The first-order chi connectivity index (χ1) is 12.7. The van der Waals surface area contributed by atoms with Crippen molar-refractivity contribution in [2.24, 2.45) is 16.1 Å². The van der Waals surface area contributed by atoms with Crippen LogP contribution < -0.4 is 5.73 Å². The first-order valence-electron chi connectivity index (χ1n) is 8.77. The number of aliphatic hydroxyl groups excluding tert-OH is 1. The number of halogens is 1. The summed E-state index contributed by atoms with van der Waals surface area (Å²) < 4.78 is 16.1. The molecule has 0 saturated carbocycles. The van der Waals surface area contributed by atoms with Crippen LogP contribution in [0.3, 0.4) is 0 Å². The Labute approximate surface area is 162 Å². The molecule has 1 aromatic heterocycles. The average Bonchev–Trinajstić information content (AvgIpc) is 2.95. The lowest BCUT2D eigenvalue weighted by Crippen LogP contribution is -2.30. The standard InChI is InChI=1S/C22H23FN2OS/c1-5-6-13-9-16-15-10-14(18(12-26)25-21(24)22(2,3)4)7-8-19(15)27-20(16)11-17(13)23/h7-11,18,26H,12H2,1-4H3,(H2,24,25). The highest BCUT2D eigenvalue weighted by Gasteiger charge is 2.19. The highest BCUT2D eigenvalue weighted by molar-refractivity contribution is 7.25. The fourth-order valence-electron chi connectivity index (χ4n) is 2.84. The van der Waals surface area contributed by atoms with Crippen LogP contribution in [0.25, 0.3) is 20.2 Å². The van der Waals surface area contributed by atoms with Gasteiger partial charge in [-0.2, -0.15) is 0 Å². The predicted octanol–water partition coefficient (Wildman–Crippen LogP) is 5.00. The maximum Gasteiger partial charge on any atom is 0.140 e. The number of rotatable bonds is 3. The lowest BCUT2D eigenvalue weighted by molar-refractivity contribution is 0.268. The fourth-order valence-corrected chi connectivity index (χ4v) is 3.93. The lowest BCUT2D eigenvalue weighted by atomic mass is 9.95. The molecular formula is C22H23FN2OS. The van der Waals surface area contributed by atoms with Gasteiger partial charge in [0.2, 0.25) is 0 Å². The van der Waals surface area contributed by atoms with Crippen LogP contribution in [0, 0.1) is 23.1 Å². The highest BCUT2D eigenvalue weighted by atomic mass is 32.1. The van der Waals surface area contributed by atoms with E-state index in [2.05, 4.69) is 16.8 Å². The summed E-state index contributed by atoms with van der Waals surface area (Å²) in [7, 11) is 0. The minimum absolute atomic E-state index is 0.133. The van der Waals surface area contributed by atoms with Crippen LogP contribution in [0.5, 0.6) is 0 Å². The molecule has 3 aromatic rings.